The highest BCUT2D eigenvalue weighted by atomic mass is 19.1. The molecule has 0 spiro atoms. The van der Waals surface area contributed by atoms with E-state index in [4.69, 9.17) is 4.42 Å². The molecule has 0 saturated heterocycles. The number of anilines is 1. The molecule has 18 heavy (non-hydrogen) atoms. The van der Waals surface area contributed by atoms with Gasteiger partial charge in [-0.2, -0.15) is 0 Å². The Hall–Kier alpha value is -2.17. The highest BCUT2D eigenvalue weighted by molar-refractivity contribution is 6.05. The predicted molar refractivity (Wildman–Crippen MR) is 62.5 cm³/mol. The van der Waals surface area contributed by atoms with E-state index < -0.39 is 17.5 Å². The van der Waals surface area contributed by atoms with Crippen molar-refractivity contribution in [1.82, 2.24) is 0 Å². The molecule has 0 bridgehead atoms. The van der Waals surface area contributed by atoms with Gasteiger partial charge in [0.2, 0.25) is 0 Å². The molecule has 0 atom stereocenters. The number of carbonyl (C=O) groups is 1. The monoisotopic (exact) mass is 251 g/mol. The molecule has 0 fully saturated rings. The zero-order valence-corrected chi connectivity index (χ0v) is 9.88. The Balaban J connectivity index is 2.24. The Morgan fingerprint density at radius 2 is 1.94 bits per heavy atom. The number of benzene rings is 1. The molecule has 2 aromatic rings. The van der Waals surface area contributed by atoms with Gasteiger partial charge in [-0.15, -0.1) is 0 Å². The molecular weight excluding hydrogens is 240 g/mol. The fraction of sp³-hybridized carbons (Fsp3) is 0.154. The zero-order chi connectivity index (χ0) is 13.3. The number of amides is 1. The van der Waals surface area contributed by atoms with Crippen LogP contribution in [0.3, 0.4) is 0 Å². The average molecular weight is 251 g/mol. The van der Waals surface area contributed by atoms with Crippen molar-refractivity contribution in [1.29, 1.82) is 0 Å². The molecule has 1 N–H and O–H groups in total. The molecule has 0 aliphatic rings. The minimum atomic E-state index is -0.818. The Kier molecular flexibility index (Phi) is 3.14. The van der Waals surface area contributed by atoms with Crippen LogP contribution in [0.15, 0.2) is 28.7 Å². The highest BCUT2D eigenvalue weighted by Gasteiger charge is 2.15. The Morgan fingerprint density at radius 1 is 1.22 bits per heavy atom. The molecule has 3 nitrogen and oxygen atoms in total. The van der Waals surface area contributed by atoms with Crippen LogP contribution in [-0.4, -0.2) is 5.91 Å². The zero-order valence-electron chi connectivity index (χ0n) is 9.88. The lowest BCUT2D eigenvalue weighted by atomic mass is 10.2. The maximum atomic E-state index is 13.4. The van der Waals surface area contributed by atoms with Crippen LogP contribution in [-0.2, 0) is 0 Å². The quantitative estimate of drug-likeness (QED) is 0.888. The van der Waals surface area contributed by atoms with Crippen molar-refractivity contribution in [3.05, 3.63) is 53.0 Å². The number of hydrogen-bond acceptors (Lipinski definition) is 2. The normalized spacial score (nSPS) is 10.4. The van der Waals surface area contributed by atoms with Crippen LogP contribution in [0.2, 0.25) is 0 Å². The van der Waals surface area contributed by atoms with Crippen molar-refractivity contribution in [2.24, 2.45) is 0 Å². The molecule has 5 heteroatoms. The summed E-state index contributed by atoms with van der Waals surface area (Å²) in [5, 5.41) is 2.37. The second-order valence-corrected chi connectivity index (χ2v) is 3.91. The van der Waals surface area contributed by atoms with Gasteiger partial charge in [0.25, 0.3) is 5.91 Å². The summed E-state index contributed by atoms with van der Waals surface area (Å²) >= 11 is 0. The second kappa shape index (κ2) is 4.60. The van der Waals surface area contributed by atoms with E-state index in [2.05, 4.69) is 5.32 Å². The van der Waals surface area contributed by atoms with Crippen LogP contribution < -0.4 is 5.32 Å². The third kappa shape index (κ3) is 2.40. The van der Waals surface area contributed by atoms with E-state index in [1.54, 1.807) is 19.9 Å². The third-order valence-electron chi connectivity index (χ3n) is 2.46. The smallest absolute Gasteiger partial charge is 0.259 e. The van der Waals surface area contributed by atoms with Gasteiger partial charge < -0.3 is 9.73 Å². The van der Waals surface area contributed by atoms with Crippen molar-refractivity contribution in [3.63, 3.8) is 0 Å². The minimum absolute atomic E-state index is 0.0698. The first-order valence-electron chi connectivity index (χ1n) is 5.31. The first-order valence-corrected chi connectivity index (χ1v) is 5.31. The molecule has 0 aliphatic carbocycles. The van der Waals surface area contributed by atoms with Gasteiger partial charge >= 0.3 is 0 Å². The first kappa shape index (κ1) is 12.3. The summed E-state index contributed by atoms with van der Waals surface area (Å²) in [6, 6.07) is 4.52. The number of rotatable bonds is 2. The molecule has 1 aromatic heterocycles. The van der Waals surface area contributed by atoms with Gasteiger partial charge in [0.15, 0.2) is 0 Å². The standard InChI is InChI=1S/C13H11F2NO2/c1-7-5-10(8(2)18-7)13(17)16-12-4-3-9(14)6-11(12)15/h3-6H,1-2H3,(H,16,17). The number of carbonyl (C=O) groups excluding carboxylic acids is 1. The maximum Gasteiger partial charge on any atom is 0.259 e. The van der Waals surface area contributed by atoms with Gasteiger partial charge in [-0.05, 0) is 32.0 Å². The fourth-order valence-corrected chi connectivity index (χ4v) is 1.64. The van der Waals surface area contributed by atoms with Gasteiger partial charge in [-0.1, -0.05) is 0 Å². The van der Waals surface area contributed by atoms with Crippen molar-refractivity contribution in [2.75, 3.05) is 5.32 Å². The predicted octanol–water partition coefficient (Wildman–Crippen LogP) is 3.43. The molecule has 1 heterocycles. The molecule has 2 rings (SSSR count). The van der Waals surface area contributed by atoms with E-state index >= 15 is 0 Å². The van der Waals surface area contributed by atoms with E-state index in [0.717, 1.165) is 6.07 Å². The van der Waals surface area contributed by atoms with Crippen molar-refractivity contribution in [2.45, 2.75) is 13.8 Å². The molecule has 0 saturated carbocycles. The average Bonchev–Trinajstić information content (AvgIpc) is 2.62. The van der Waals surface area contributed by atoms with Gasteiger partial charge in [0.1, 0.15) is 23.2 Å². The van der Waals surface area contributed by atoms with E-state index in [0.29, 0.717) is 23.2 Å². The fourth-order valence-electron chi connectivity index (χ4n) is 1.64. The second-order valence-electron chi connectivity index (χ2n) is 3.91. The van der Waals surface area contributed by atoms with Crippen LogP contribution in [0.5, 0.6) is 0 Å². The highest BCUT2D eigenvalue weighted by Crippen LogP contribution is 2.19. The summed E-state index contributed by atoms with van der Waals surface area (Å²) in [6.45, 7) is 3.35. The Bertz CT molecular complexity index is 605. The van der Waals surface area contributed by atoms with Crippen LogP contribution >= 0.6 is 0 Å². The van der Waals surface area contributed by atoms with Crippen molar-refractivity contribution in [3.8, 4) is 0 Å². The van der Waals surface area contributed by atoms with E-state index in [-0.39, 0.29) is 5.69 Å². The SMILES string of the molecule is Cc1cc(C(=O)Nc2ccc(F)cc2F)c(C)o1. The summed E-state index contributed by atoms with van der Waals surface area (Å²) in [5.74, 6) is -0.957. The van der Waals surface area contributed by atoms with Crippen LogP contribution in [0.1, 0.15) is 21.9 Å². The molecule has 94 valence electrons. The van der Waals surface area contributed by atoms with Crippen molar-refractivity contribution < 1.29 is 18.0 Å². The molecule has 1 aromatic carbocycles. The van der Waals surface area contributed by atoms with Gasteiger partial charge in [0, 0.05) is 6.07 Å². The third-order valence-corrected chi connectivity index (χ3v) is 2.46. The number of furan rings is 1. The lowest BCUT2D eigenvalue weighted by Gasteiger charge is -2.05. The molecule has 0 unspecified atom stereocenters. The van der Waals surface area contributed by atoms with Gasteiger partial charge in [-0.25, -0.2) is 8.78 Å². The van der Waals surface area contributed by atoms with Crippen molar-refractivity contribution >= 4 is 11.6 Å². The van der Waals surface area contributed by atoms with E-state index in [9.17, 15) is 13.6 Å². The number of halogens is 2. The summed E-state index contributed by atoms with van der Waals surface area (Å²) in [5.41, 5.74) is 0.260. The summed E-state index contributed by atoms with van der Waals surface area (Å²) in [7, 11) is 0. The molecule has 0 aliphatic heterocycles. The number of nitrogens with one attached hydrogen (secondary N) is 1. The number of hydrogen-bond donors (Lipinski definition) is 1. The van der Waals surface area contributed by atoms with Crippen LogP contribution in [0, 0.1) is 25.5 Å². The van der Waals surface area contributed by atoms with E-state index in [1.165, 1.54) is 6.07 Å². The van der Waals surface area contributed by atoms with Gasteiger partial charge in [0.05, 0.1) is 11.3 Å². The minimum Gasteiger partial charge on any atom is -0.466 e. The topological polar surface area (TPSA) is 42.2 Å². The maximum absolute atomic E-state index is 13.4. The lowest BCUT2D eigenvalue weighted by Crippen LogP contribution is -2.13. The molecule has 1 amide bonds. The summed E-state index contributed by atoms with van der Waals surface area (Å²) < 4.78 is 31.3. The summed E-state index contributed by atoms with van der Waals surface area (Å²) in [6.07, 6.45) is 0. The lowest BCUT2D eigenvalue weighted by molar-refractivity contribution is 0.102. The Labute approximate surface area is 102 Å². The van der Waals surface area contributed by atoms with E-state index in [1.807, 2.05) is 0 Å². The number of aryl methyl sites for hydroxylation is 2. The molecule has 0 radical (unpaired) electrons. The van der Waals surface area contributed by atoms with Crippen LogP contribution in [0.4, 0.5) is 14.5 Å². The van der Waals surface area contributed by atoms with Crippen LogP contribution in [0.25, 0.3) is 0 Å². The largest absolute Gasteiger partial charge is 0.466 e. The first-order chi connectivity index (χ1) is 8.47. The summed E-state index contributed by atoms with van der Waals surface area (Å²) in [4.78, 5) is 11.9. The Morgan fingerprint density at radius 3 is 2.50 bits per heavy atom. The van der Waals surface area contributed by atoms with Gasteiger partial charge in [-0.3, -0.25) is 4.79 Å². The molecular formula is C13H11F2NO2.